The first kappa shape index (κ1) is 11.4. The zero-order valence-electron chi connectivity index (χ0n) is 6.03. The molecule has 0 radical (unpaired) electrons. The van der Waals surface area contributed by atoms with Gasteiger partial charge in [0.25, 0.3) is 0 Å². The van der Waals surface area contributed by atoms with Gasteiger partial charge in [-0.15, -0.1) is 0 Å². The molecular formula is C7H3Br3F2O. The molecule has 0 aromatic heterocycles. The molecule has 0 bridgehead atoms. The minimum atomic E-state index is -2.82. The molecule has 0 atom stereocenters. The van der Waals surface area contributed by atoms with E-state index in [1.807, 2.05) is 0 Å². The molecule has 0 saturated heterocycles. The van der Waals surface area contributed by atoms with Crippen molar-refractivity contribution in [3.05, 3.63) is 25.6 Å². The maximum Gasteiger partial charge on any atom is 0.387 e. The van der Waals surface area contributed by atoms with Gasteiger partial charge in [-0.05, 0) is 59.9 Å². The lowest BCUT2D eigenvalue weighted by molar-refractivity contribution is -0.0504. The van der Waals surface area contributed by atoms with Crippen molar-refractivity contribution in [2.24, 2.45) is 0 Å². The first-order valence-corrected chi connectivity index (χ1v) is 5.48. The second-order valence-electron chi connectivity index (χ2n) is 2.05. The number of benzene rings is 1. The molecule has 13 heavy (non-hydrogen) atoms. The van der Waals surface area contributed by atoms with Crippen LogP contribution in [0.3, 0.4) is 0 Å². The summed E-state index contributed by atoms with van der Waals surface area (Å²) in [5.74, 6) is 0.102. The first-order chi connectivity index (χ1) is 6.02. The van der Waals surface area contributed by atoms with Crippen molar-refractivity contribution in [1.29, 1.82) is 0 Å². The average Bonchev–Trinajstić information content (AvgIpc) is 2.06. The molecule has 0 amide bonds. The third kappa shape index (κ3) is 2.89. The van der Waals surface area contributed by atoms with Crippen molar-refractivity contribution < 1.29 is 13.5 Å². The summed E-state index contributed by atoms with van der Waals surface area (Å²) in [7, 11) is 0. The van der Waals surface area contributed by atoms with E-state index >= 15 is 0 Å². The van der Waals surface area contributed by atoms with Gasteiger partial charge in [-0.2, -0.15) is 8.78 Å². The van der Waals surface area contributed by atoms with E-state index in [1.165, 1.54) is 6.07 Å². The fourth-order valence-corrected chi connectivity index (χ4v) is 2.06. The molecular weight excluding hydrogens is 378 g/mol. The summed E-state index contributed by atoms with van der Waals surface area (Å²) in [6, 6.07) is 3.07. The van der Waals surface area contributed by atoms with Crippen LogP contribution in [-0.4, -0.2) is 6.61 Å². The molecule has 6 heteroatoms. The second kappa shape index (κ2) is 4.70. The van der Waals surface area contributed by atoms with Gasteiger partial charge >= 0.3 is 6.61 Å². The van der Waals surface area contributed by atoms with Gasteiger partial charge in [0.15, 0.2) is 0 Å². The lowest BCUT2D eigenvalue weighted by atomic mass is 10.3. The Morgan fingerprint density at radius 3 is 2.23 bits per heavy atom. The largest absolute Gasteiger partial charge is 0.434 e. The smallest absolute Gasteiger partial charge is 0.387 e. The zero-order chi connectivity index (χ0) is 10.0. The quantitative estimate of drug-likeness (QED) is 0.683. The van der Waals surface area contributed by atoms with Crippen molar-refractivity contribution in [2.75, 3.05) is 0 Å². The molecule has 72 valence electrons. The molecule has 1 nitrogen and oxygen atoms in total. The van der Waals surface area contributed by atoms with Crippen LogP contribution in [-0.2, 0) is 0 Å². The average molecular weight is 381 g/mol. The Morgan fingerprint density at radius 2 is 1.69 bits per heavy atom. The molecule has 1 rings (SSSR count). The van der Waals surface area contributed by atoms with E-state index in [4.69, 9.17) is 0 Å². The van der Waals surface area contributed by atoms with E-state index in [9.17, 15) is 8.78 Å². The van der Waals surface area contributed by atoms with Crippen molar-refractivity contribution in [3.63, 3.8) is 0 Å². The summed E-state index contributed by atoms with van der Waals surface area (Å²) >= 11 is 9.55. The monoisotopic (exact) mass is 378 g/mol. The van der Waals surface area contributed by atoms with E-state index in [-0.39, 0.29) is 5.75 Å². The Kier molecular flexibility index (Phi) is 4.12. The molecule has 0 aliphatic heterocycles. The van der Waals surface area contributed by atoms with Crippen LogP contribution in [0, 0.1) is 0 Å². The van der Waals surface area contributed by atoms with Gasteiger partial charge < -0.3 is 4.74 Å². The summed E-state index contributed by atoms with van der Waals surface area (Å²) < 4.78 is 29.8. The number of alkyl halides is 2. The minimum Gasteiger partial charge on any atom is -0.434 e. The highest BCUT2D eigenvalue weighted by atomic mass is 79.9. The van der Waals surface area contributed by atoms with Crippen LogP contribution >= 0.6 is 47.8 Å². The fourth-order valence-electron chi connectivity index (χ4n) is 0.695. The number of ether oxygens (including phenoxy) is 1. The van der Waals surface area contributed by atoms with E-state index in [0.717, 1.165) is 4.47 Å². The van der Waals surface area contributed by atoms with E-state index < -0.39 is 6.61 Å². The molecule has 0 spiro atoms. The number of halogens is 5. The summed E-state index contributed by atoms with van der Waals surface area (Å²) in [5, 5.41) is 0. The highest BCUT2D eigenvalue weighted by molar-refractivity contribution is 9.14. The molecule has 1 aromatic carbocycles. The molecule has 0 N–H and O–H groups in total. The highest BCUT2D eigenvalue weighted by Crippen LogP contribution is 2.38. The summed E-state index contributed by atoms with van der Waals surface area (Å²) in [6.45, 7) is -2.82. The SMILES string of the molecule is FC(F)Oc1ccc(Br)c(Br)c1Br. The van der Waals surface area contributed by atoms with Crippen LogP contribution in [0.5, 0.6) is 5.75 Å². The summed E-state index contributed by atoms with van der Waals surface area (Å²) in [5.41, 5.74) is 0. The predicted molar refractivity (Wildman–Crippen MR) is 56.2 cm³/mol. The number of hydrogen-bond donors (Lipinski definition) is 0. The van der Waals surface area contributed by atoms with E-state index in [2.05, 4.69) is 52.5 Å². The Morgan fingerprint density at radius 1 is 1.08 bits per heavy atom. The van der Waals surface area contributed by atoms with Crippen molar-refractivity contribution >= 4 is 47.8 Å². The van der Waals surface area contributed by atoms with E-state index in [0.29, 0.717) is 8.95 Å². The maximum atomic E-state index is 11.9. The van der Waals surface area contributed by atoms with Crippen LogP contribution in [0.1, 0.15) is 0 Å². The van der Waals surface area contributed by atoms with Crippen LogP contribution in [0.15, 0.2) is 25.6 Å². The summed E-state index contributed by atoms with van der Waals surface area (Å²) in [4.78, 5) is 0. The molecule has 0 saturated carbocycles. The van der Waals surface area contributed by atoms with Gasteiger partial charge in [-0.3, -0.25) is 0 Å². The summed E-state index contributed by atoms with van der Waals surface area (Å²) in [6.07, 6.45) is 0. The third-order valence-electron chi connectivity index (χ3n) is 1.22. The predicted octanol–water partition coefficient (Wildman–Crippen LogP) is 4.58. The molecule has 1 aromatic rings. The maximum absolute atomic E-state index is 11.9. The van der Waals surface area contributed by atoms with E-state index in [1.54, 1.807) is 6.07 Å². The first-order valence-electron chi connectivity index (χ1n) is 3.10. The molecule has 0 heterocycles. The van der Waals surface area contributed by atoms with Gasteiger partial charge in [0.2, 0.25) is 0 Å². The highest BCUT2D eigenvalue weighted by Gasteiger charge is 2.12. The Bertz CT molecular complexity index is 317. The fraction of sp³-hybridized carbons (Fsp3) is 0.143. The normalized spacial score (nSPS) is 10.6. The van der Waals surface area contributed by atoms with Crippen molar-refractivity contribution in [1.82, 2.24) is 0 Å². The Balaban J connectivity index is 3.04. The topological polar surface area (TPSA) is 9.23 Å². The van der Waals surface area contributed by atoms with Gasteiger partial charge in [-0.1, -0.05) is 0 Å². The lowest BCUT2D eigenvalue weighted by Gasteiger charge is -2.08. The van der Waals surface area contributed by atoms with Crippen molar-refractivity contribution in [3.8, 4) is 5.75 Å². The van der Waals surface area contributed by atoms with Gasteiger partial charge in [0, 0.05) is 8.95 Å². The molecule has 0 unspecified atom stereocenters. The van der Waals surface area contributed by atoms with Gasteiger partial charge in [-0.25, -0.2) is 0 Å². The third-order valence-corrected chi connectivity index (χ3v) is 4.55. The standard InChI is InChI=1S/C7H3Br3F2O/c8-3-1-2-4(13-7(11)12)6(10)5(3)9/h1-2,7H. The van der Waals surface area contributed by atoms with Crippen LogP contribution in [0.25, 0.3) is 0 Å². The van der Waals surface area contributed by atoms with Crippen molar-refractivity contribution in [2.45, 2.75) is 6.61 Å². The molecule has 0 fully saturated rings. The molecule has 0 aliphatic carbocycles. The lowest BCUT2D eigenvalue weighted by Crippen LogP contribution is -2.02. The minimum absolute atomic E-state index is 0.102. The number of hydrogen-bond acceptors (Lipinski definition) is 1. The number of rotatable bonds is 2. The molecule has 0 aliphatic rings. The second-order valence-corrected chi connectivity index (χ2v) is 4.49. The van der Waals surface area contributed by atoms with Crippen LogP contribution < -0.4 is 4.74 Å². The van der Waals surface area contributed by atoms with Crippen LogP contribution in [0.2, 0.25) is 0 Å². The van der Waals surface area contributed by atoms with Gasteiger partial charge in [0.1, 0.15) is 5.75 Å². The Hall–Kier alpha value is 0.320. The zero-order valence-corrected chi connectivity index (χ0v) is 10.8. The van der Waals surface area contributed by atoms with Gasteiger partial charge in [0.05, 0.1) is 4.47 Å². The Labute approximate surface area is 98.8 Å². The van der Waals surface area contributed by atoms with Crippen LogP contribution in [0.4, 0.5) is 8.78 Å².